The predicted molar refractivity (Wildman–Crippen MR) is 130 cm³/mol. The number of para-hydroxylation sites is 1. The Morgan fingerprint density at radius 3 is 2.40 bits per heavy atom. The lowest BCUT2D eigenvalue weighted by Gasteiger charge is -2.46. The Hall–Kier alpha value is -3.88. The number of nitrogens with one attached hydrogen (secondary N) is 1. The largest absolute Gasteiger partial charge is 0.445 e. The number of rotatable bonds is 5. The van der Waals surface area contributed by atoms with Crippen LogP contribution in [-0.2, 0) is 25.7 Å². The molecule has 9 nitrogen and oxygen atoms in total. The summed E-state index contributed by atoms with van der Waals surface area (Å²) in [4.78, 5) is 57.2. The summed E-state index contributed by atoms with van der Waals surface area (Å²) in [6.07, 6.45) is -0.681. The molecule has 4 amide bonds. The summed E-state index contributed by atoms with van der Waals surface area (Å²) in [6.45, 7) is 1.54. The molecule has 2 heterocycles. The van der Waals surface area contributed by atoms with Crippen LogP contribution in [0.1, 0.15) is 24.0 Å². The van der Waals surface area contributed by atoms with Gasteiger partial charge in [0.05, 0.1) is 5.92 Å². The Balaban J connectivity index is 1.76. The molecule has 2 aliphatic rings. The molecule has 0 spiro atoms. The summed E-state index contributed by atoms with van der Waals surface area (Å²) in [5, 5.41) is 2.68. The molecular weight excluding hydrogens is 448 g/mol. The molecular formula is C26H30N4O5. The van der Waals surface area contributed by atoms with Gasteiger partial charge in [0, 0.05) is 39.3 Å². The molecule has 1 saturated heterocycles. The van der Waals surface area contributed by atoms with Gasteiger partial charge in [0.25, 0.3) is 5.91 Å². The zero-order valence-corrected chi connectivity index (χ0v) is 20.4. The molecule has 2 aromatic rings. The number of anilines is 1. The quantitative estimate of drug-likeness (QED) is 0.709. The molecule has 2 aliphatic heterocycles. The monoisotopic (exact) mass is 478 g/mol. The molecule has 3 atom stereocenters. The molecule has 1 N–H and O–H groups in total. The molecule has 2 aromatic carbocycles. The van der Waals surface area contributed by atoms with E-state index in [0.717, 1.165) is 11.1 Å². The third-order valence-electron chi connectivity index (χ3n) is 6.99. The van der Waals surface area contributed by atoms with E-state index in [2.05, 4.69) is 5.32 Å². The summed E-state index contributed by atoms with van der Waals surface area (Å²) >= 11 is 0. The van der Waals surface area contributed by atoms with Crippen molar-refractivity contribution in [3.05, 3.63) is 65.7 Å². The van der Waals surface area contributed by atoms with Crippen LogP contribution in [0, 0.1) is 5.92 Å². The van der Waals surface area contributed by atoms with Gasteiger partial charge in [-0.15, -0.1) is 0 Å². The molecule has 4 rings (SSSR count). The molecule has 35 heavy (non-hydrogen) atoms. The first-order valence-corrected chi connectivity index (χ1v) is 11.5. The first kappa shape index (κ1) is 24.3. The topological polar surface area (TPSA) is 99.3 Å². The van der Waals surface area contributed by atoms with Crippen molar-refractivity contribution < 1.29 is 23.9 Å². The van der Waals surface area contributed by atoms with Gasteiger partial charge in [-0.2, -0.15) is 0 Å². The molecule has 0 unspecified atom stereocenters. The number of carbonyl (C=O) groups excluding carboxylic acids is 4. The average molecular weight is 479 g/mol. The van der Waals surface area contributed by atoms with Crippen molar-refractivity contribution in [2.24, 2.45) is 5.92 Å². The molecule has 0 saturated carbocycles. The Bertz CT molecular complexity index is 1150. The van der Waals surface area contributed by atoms with E-state index >= 15 is 0 Å². The SMILES string of the molecule is CNC(=O)[C@H]1CN(C(=O)OCc2ccccc2)[C@]2(C)C(=O)N(CC(=O)N(C)C)c3ccccc3[C@H]12. The van der Waals surface area contributed by atoms with Crippen LogP contribution in [0.2, 0.25) is 0 Å². The number of likely N-dealkylation sites (tertiary alicyclic amines) is 1. The lowest BCUT2D eigenvalue weighted by atomic mass is 9.72. The third-order valence-corrected chi connectivity index (χ3v) is 6.99. The maximum Gasteiger partial charge on any atom is 0.411 e. The first-order chi connectivity index (χ1) is 16.7. The molecule has 184 valence electrons. The van der Waals surface area contributed by atoms with E-state index in [1.807, 2.05) is 42.5 Å². The van der Waals surface area contributed by atoms with Crippen LogP contribution in [0.4, 0.5) is 10.5 Å². The second-order valence-electron chi connectivity index (χ2n) is 9.24. The second-order valence-corrected chi connectivity index (χ2v) is 9.24. The highest BCUT2D eigenvalue weighted by atomic mass is 16.6. The number of carbonyl (C=O) groups is 4. The van der Waals surface area contributed by atoms with Crippen LogP contribution >= 0.6 is 0 Å². The average Bonchev–Trinajstić information content (AvgIpc) is 3.19. The fourth-order valence-electron chi connectivity index (χ4n) is 5.11. The molecule has 0 aromatic heterocycles. The lowest BCUT2D eigenvalue weighted by molar-refractivity contribution is -0.133. The zero-order chi connectivity index (χ0) is 25.3. The van der Waals surface area contributed by atoms with E-state index in [1.165, 1.54) is 21.7 Å². The highest BCUT2D eigenvalue weighted by molar-refractivity contribution is 6.09. The summed E-state index contributed by atoms with van der Waals surface area (Å²) in [5.41, 5.74) is 0.714. The van der Waals surface area contributed by atoms with Gasteiger partial charge in [-0.25, -0.2) is 4.79 Å². The van der Waals surface area contributed by atoms with Crippen molar-refractivity contribution in [1.82, 2.24) is 15.1 Å². The van der Waals surface area contributed by atoms with E-state index in [1.54, 1.807) is 33.2 Å². The number of hydrogen-bond donors (Lipinski definition) is 1. The van der Waals surface area contributed by atoms with Gasteiger partial charge in [-0.1, -0.05) is 48.5 Å². The molecule has 1 fully saturated rings. The maximum absolute atomic E-state index is 14.1. The number of benzene rings is 2. The van der Waals surface area contributed by atoms with Gasteiger partial charge < -0.3 is 19.9 Å². The number of likely N-dealkylation sites (N-methyl/N-ethyl adjacent to an activating group) is 1. The van der Waals surface area contributed by atoms with Gasteiger partial charge in [-0.3, -0.25) is 19.3 Å². The fourth-order valence-corrected chi connectivity index (χ4v) is 5.11. The van der Waals surface area contributed by atoms with E-state index in [-0.39, 0.29) is 31.5 Å². The maximum atomic E-state index is 14.1. The van der Waals surface area contributed by atoms with Crippen LogP contribution in [0.15, 0.2) is 54.6 Å². The van der Waals surface area contributed by atoms with E-state index in [9.17, 15) is 19.2 Å². The Labute approximate surface area is 204 Å². The van der Waals surface area contributed by atoms with Gasteiger partial charge in [-0.05, 0) is 24.1 Å². The van der Waals surface area contributed by atoms with Crippen LogP contribution in [0.25, 0.3) is 0 Å². The Morgan fingerprint density at radius 1 is 1.09 bits per heavy atom. The Kier molecular flexibility index (Phi) is 6.51. The summed E-state index contributed by atoms with van der Waals surface area (Å²) in [7, 11) is 4.78. The third kappa shape index (κ3) is 4.11. The van der Waals surface area contributed by atoms with Crippen LogP contribution in [0.3, 0.4) is 0 Å². The van der Waals surface area contributed by atoms with Crippen molar-refractivity contribution in [1.29, 1.82) is 0 Å². The number of hydrogen-bond acceptors (Lipinski definition) is 5. The lowest BCUT2D eigenvalue weighted by Crippen LogP contribution is -2.62. The summed E-state index contributed by atoms with van der Waals surface area (Å²) < 4.78 is 5.59. The van der Waals surface area contributed by atoms with Crippen LogP contribution in [0.5, 0.6) is 0 Å². The number of nitrogens with zero attached hydrogens (tertiary/aromatic N) is 3. The van der Waals surface area contributed by atoms with Crippen molar-refractivity contribution in [2.75, 3.05) is 39.1 Å². The highest BCUT2D eigenvalue weighted by Crippen LogP contribution is 2.53. The van der Waals surface area contributed by atoms with Crippen LogP contribution in [-0.4, -0.2) is 73.4 Å². The molecule has 0 bridgehead atoms. The smallest absolute Gasteiger partial charge is 0.411 e. The standard InChI is InChI=1S/C26H30N4O5/c1-26-22(18-12-8-9-13-20(18)29(24(26)33)15-21(31)28(3)4)19(23(32)27-2)14-30(26)25(34)35-16-17-10-6-5-7-11-17/h5-13,19,22H,14-16H2,1-4H3,(H,27,32)/t19-,22+,26-/m0/s1. The number of fused-ring (bicyclic) bond motifs is 3. The van der Waals surface area contributed by atoms with E-state index in [4.69, 9.17) is 4.74 Å². The summed E-state index contributed by atoms with van der Waals surface area (Å²) in [6, 6.07) is 16.5. The fraction of sp³-hybridized carbons (Fsp3) is 0.385. The van der Waals surface area contributed by atoms with Gasteiger partial charge in [0.1, 0.15) is 18.7 Å². The van der Waals surface area contributed by atoms with E-state index < -0.39 is 29.4 Å². The predicted octanol–water partition coefficient (Wildman–Crippen LogP) is 1.98. The van der Waals surface area contributed by atoms with Crippen LogP contribution < -0.4 is 10.2 Å². The second kappa shape index (κ2) is 9.40. The first-order valence-electron chi connectivity index (χ1n) is 11.5. The highest BCUT2D eigenvalue weighted by Gasteiger charge is 2.64. The van der Waals surface area contributed by atoms with Gasteiger partial charge >= 0.3 is 6.09 Å². The number of ether oxygens (including phenoxy) is 1. The minimum atomic E-state index is -1.41. The van der Waals surface area contributed by atoms with Gasteiger partial charge in [0.15, 0.2) is 0 Å². The Morgan fingerprint density at radius 2 is 1.74 bits per heavy atom. The van der Waals surface area contributed by atoms with Crippen molar-refractivity contribution in [2.45, 2.75) is 25.0 Å². The zero-order valence-electron chi connectivity index (χ0n) is 20.4. The normalized spacial score (nSPS) is 22.8. The van der Waals surface area contributed by atoms with Crippen molar-refractivity contribution in [3.63, 3.8) is 0 Å². The minimum absolute atomic E-state index is 0.0179. The molecule has 0 aliphatic carbocycles. The van der Waals surface area contributed by atoms with Crippen molar-refractivity contribution in [3.8, 4) is 0 Å². The van der Waals surface area contributed by atoms with Crippen molar-refractivity contribution >= 4 is 29.5 Å². The summed E-state index contributed by atoms with van der Waals surface area (Å²) in [5.74, 6) is -2.19. The van der Waals surface area contributed by atoms with E-state index in [0.29, 0.717) is 5.69 Å². The minimum Gasteiger partial charge on any atom is -0.445 e. The van der Waals surface area contributed by atoms with Gasteiger partial charge in [0.2, 0.25) is 11.8 Å². The molecule has 9 heteroatoms. The number of amides is 4. The molecule has 0 radical (unpaired) electrons.